The third-order valence-corrected chi connectivity index (χ3v) is 7.75. The number of benzene rings is 3. The molecule has 3 heterocycles. The van der Waals surface area contributed by atoms with Gasteiger partial charge in [0.25, 0.3) is 5.91 Å². The maximum absolute atomic E-state index is 12.4. The van der Waals surface area contributed by atoms with Crippen LogP contribution in [0.15, 0.2) is 77.6 Å². The van der Waals surface area contributed by atoms with E-state index in [1.807, 2.05) is 59.3 Å². The van der Waals surface area contributed by atoms with Crippen LogP contribution in [0.3, 0.4) is 0 Å². The van der Waals surface area contributed by atoms with Crippen LogP contribution in [-0.2, 0) is 4.74 Å². The Balaban J connectivity index is 1.16. The van der Waals surface area contributed by atoms with E-state index in [0.717, 1.165) is 34.9 Å². The van der Waals surface area contributed by atoms with Gasteiger partial charge in [-0.3, -0.25) is 14.7 Å². The molecule has 216 valence electrons. The predicted molar refractivity (Wildman–Crippen MR) is 163 cm³/mol. The Morgan fingerprint density at radius 1 is 1.05 bits per heavy atom. The molecule has 1 amide bonds. The van der Waals surface area contributed by atoms with Gasteiger partial charge in [-0.1, -0.05) is 12.1 Å². The molecule has 1 saturated heterocycles. The number of nitrogens with one attached hydrogen (secondary N) is 1. The molecule has 0 unspecified atom stereocenters. The number of hydrogen-bond donors (Lipinski definition) is 2. The fourth-order valence-corrected chi connectivity index (χ4v) is 5.54. The second-order valence-corrected chi connectivity index (χ2v) is 10.8. The van der Waals surface area contributed by atoms with E-state index in [2.05, 4.69) is 15.2 Å². The summed E-state index contributed by atoms with van der Waals surface area (Å²) in [5, 5.41) is 19.9. The lowest BCUT2D eigenvalue weighted by atomic mass is 10.1. The van der Waals surface area contributed by atoms with E-state index in [-0.39, 0.29) is 12.5 Å². The van der Waals surface area contributed by atoms with Crippen LogP contribution in [0.5, 0.6) is 23.0 Å². The van der Waals surface area contributed by atoms with Crippen LogP contribution in [0.4, 0.5) is 5.69 Å². The van der Waals surface area contributed by atoms with Crippen molar-refractivity contribution in [3.63, 3.8) is 0 Å². The Morgan fingerprint density at radius 3 is 2.69 bits per heavy atom. The largest absolute Gasteiger partial charge is 0.493 e. The van der Waals surface area contributed by atoms with Crippen LogP contribution in [-0.4, -0.2) is 73.6 Å². The number of aliphatic hydroxyl groups is 1. The number of hydrogen-bond acceptors (Lipinski definition) is 9. The smallest absolute Gasteiger partial charge is 0.256 e. The highest BCUT2D eigenvalue weighted by Gasteiger charge is 2.18. The molecule has 0 radical (unpaired) electrons. The van der Waals surface area contributed by atoms with E-state index in [1.165, 1.54) is 11.3 Å². The number of aliphatic hydroxyl groups excluding tert-OH is 1. The van der Waals surface area contributed by atoms with Crippen LogP contribution in [0, 0.1) is 0 Å². The van der Waals surface area contributed by atoms with Gasteiger partial charge >= 0.3 is 0 Å². The minimum Gasteiger partial charge on any atom is -0.493 e. The monoisotopic (exact) mass is 585 g/mol. The molecule has 1 fully saturated rings. The molecule has 0 saturated carbocycles. The summed E-state index contributed by atoms with van der Waals surface area (Å²) in [7, 11) is 1.58. The zero-order chi connectivity index (χ0) is 28.9. The Kier molecular flexibility index (Phi) is 8.47. The number of aromatic nitrogens is 1. The highest BCUT2D eigenvalue weighted by molar-refractivity contribution is 7.08. The number of rotatable bonds is 10. The lowest BCUT2D eigenvalue weighted by Gasteiger charge is -2.28. The molecule has 1 aliphatic rings. The first-order valence-electron chi connectivity index (χ1n) is 13.7. The molecule has 1 aliphatic heterocycles. The zero-order valence-electron chi connectivity index (χ0n) is 23.1. The lowest BCUT2D eigenvalue weighted by molar-refractivity contribution is 0.00446. The standard InChI is InChI=1S/C32H31N3O6S/c1-38-30-16-27-28(17-31(30)40-19-25(36)18-35-9-11-39-12-10-35)33-8-6-29(27)41-26-5-3-21-14-24(4-2-22(21)15-26)34-32(37)23-7-13-42-20-23/h2-8,13-17,20,25,36H,9-12,18-19H2,1H3,(H,34,37)/t25-/m1/s1. The molecule has 9 nitrogen and oxygen atoms in total. The third-order valence-electron chi connectivity index (χ3n) is 7.07. The normalized spacial score (nSPS) is 14.5. The second kappa shape index (κ2) is 12.7. The van der Waals surface area contributed by atoms with Crippen molar-refractivity contribution in [1.82, 2.24) is 9.88 Å². The van der Waals surface area contributed by atoms with Gasteiger partial charge in [-0.2, -0.15) is 11.3 Å². The predicted octanol–water partition coefficient (Wildman–Crippen LogP) is 5.57. The molecule has 3 aromatic carbocycles. The van der Waals surface area contributed by atoms with Gasteiger partial charge in [0.05, 0.1) is 31.4 Å². The van der Waals surface area contributed by atoms with Crippen molar-refractivity contribution in [2.75, 3.05) is 51.9 Å². The maximum Gasteiger partial charge on any atom is 0.256 e. The molecule has 5 aromatic rings. The van der Waals surface area contributed by atoms with Gasteiger partial charge in [0, 0.05) is 48.4 Å². The Bertz CT molecular complexity index is 1690. The van der Waals surface area contributed by atoms with Crippen LogP contribution >= 0.6 is 11.3 Å². The summed E-state index contributed by atoms with van der Waals surface area (Å²) in [6.45, 7) is 3.61. The first-order valence-corrected chi connectivity index (χ1v) is 14.6. The maximum atomic E-state index is 12.4. The van der Waals surface area contributed by atoms with Gasteiger partial charge in [0.1, 0.15) is 24.2 Å². The summed E-state index contributed by atoms with van der Waals surface area (Å²) in [6.07, 6.45) is 1.04. The number of anilines is 1. The summed E-state index contributed by atoms with van der Waals surface area (Å²) in [4.78, 5) is 19.1. The zero-order valence-corrected chi connectivity index (χ0v) is 23.9. The Morgan fingerprint density at radius 2 is 1.88 bits per heavy atom. The van der Waals surface area contributed by atoms with Crippen LogP contribution in [0.1, 0.15) is 10.4 Å². The number of methoxy groups -OCH3 is 1. The van der Waals surface area contributed by atoms with Gasteiger partial charge < -0.3 is 29.4 Å². The van der Waals surface area contributed by atoms with Gasteiger partial charge in [-0.15, -0.1) is 0 Å². The van der Waals surface area contributed by atoms with Crippen molar-refractivity contribution < 1.29 is 28.8 Å². The number of nitrogens with zero attached hydrogens (tertiary/aromatic N) is 2. The first-order chi connectivity index (χ1) is 20.6. The van der Waals surface area contributed by atoms with Crippen molar-refractivity contribution in [2.24, 2.45) is 0 Å². The van der Waals surface area contributed by atoms with Crippen molar-refractivity contribution in [1.29, 1.82) is 0 Å². The van der Waals surface area contributed by atoms with Crippen LogP contribution < -0.4 is 19.5 Å². The number of ether oxygens (including phenoxy) is 4. The third kappa shape index (κ3) is 6.47. The molecule has 0 spiro atoms. The van der Waals surface area contributed by atoms with E-state index in [1.54, 1.807) is 25.4 Å². The molecular formula is C32H31N3O6S. The van der Waals surface area contributed by atoms with Gasteiger partial charge in [-0.25, -0.2) is 0 Å². The topological polar surface area (TPSA) is 102 Å². The molecule has 6 rings (SSSR count). The number of morpholine rings is 1. The van der Waals surface area contributed by atoms with Crippen molar-refractivity contribution >= 4 is 44.6 Å². The lowest BCUT2D eigenvalue weighted by Crippen LogP contribution is -2.42. The average molecular weight is 586 g/mol. The summed E-state index contributed by atoms with van der Waals surface area (Å²) in [6, 6.07) is 18.8. The van der Waals surface area contributed by atoms with E-state index in [0.29, 0.717) is 53.8 Å². The van der Waals surface area contributed by atoms with E-state index >= 15 is 0 Å². The molecule has 0 aliphatic carbocycles. The van der Waals surface area contributed by atoms with Crippen molar-refractivity contribution in [3.05, 3.63) is 83.2 Å². The number of carbonyl (C=O) groups is 1. The molecule has 1 atom stereocenters. The SMILES string of the molecule is COc1cc2c(Oc3ccc4cc(NC(=O)c5ccsc5)ccc4c3)ccnc2cc1OC[C@H](O)CN1CCOCC1. The Hall–Kier alpha value is -4.22. The summed E-state index contributed by atoms with van der Waals surface area (Å²) >= 11 is 1.49. The van der Waals surface area contributed by atoms with Gasteiger partial charge in [0.15, 0.2) is 11.5 Å². The minimum atomic E-state index is -0.646. The average Bonchev–Trinajstić information content (AvgIpc) is 3.56. The second-order valence-electron chi connectivity index (χ2n) is 10.00. The summed E-state index contributed by atoms with van der Waals surface area (Å²) in [5.74, 6) is 2.18. The van der Waals surface area contributed by atoms with Gasteiger partial charge in [0.2, 0.25) is 0 Å². The van der Waals surface area contributed by atoms with Crippen molar-refractivity contribution in [3.8, 4) is 23.0 Å². The van der Waals surface area contributed by atoms with E-state index in [4.69, 9.17) is 18.9 Å². The van der Waals surface area contributed by atoms with E-state index < -0.39 is 6.10 Å². The number of pyridine rings is 1. The first kappa shape index (κ1) is 27.9. The van der Waals surface area contributed by atoms with Gasteiger partial charge in [-0.05, 0) is 58.6 Å². The molecule has 2 N–H and O–H groups in total. The minimum absolute atomic E-state index is 0.131. The number of β-amino-alcohol motifs (C(OH)–C–C–N with tert-alkyl or cyclic N) is 1. The summed E-state index contributed by atoms with van der Waals surface area (Å²) < 4.78 is 23.3. The molecular weight excluding hydrogens is 554 g/mol. The highest BCUT2D eigenvalue weighted by atomic mass is 32.1. The fourth-order valence-electron chi connectivity index (χ4n) is 4.90. The number of fused-ring (bicyclic) bond motifs is 2. The van der Waals surface area contributed by atoms with Crippen LogP contribution in [0.2, 0.25) is 0 Å². The number of carbonyl (C=O) groups excluding carboxylic acids is 1. The summed E-state index contributed by atoms with van der Waals surface area (Å²) in [5.41, 5.74) is 2.05. The molecule has 42 heavy (non-hydrogen) atoms. The number of thiophene rings is 1. The van der Waals surface area contributed by atoms with E-state index in [9.17, 15) is 9.90 Å². The number of amides is 1. The quantitative estimate of drug-likeness (QED) is 0.219. The van der Waals surface area contributed by atoms with Crippen molar-refractivity contribution in [2.45, 2.75) is 6.10 Å². The Labute approximate surface area is 247 Å². The fraction of sp³-hybridized carbons (Fsp3) is 0.250. The molecule has 0 bridgehead atoms. The molecule has 10 heteroatoms. The highest BCUT2D eigenvalue weighted by Crippen LogP contribution is 2.37. The molecule has 2 aromatic heterocycles. The van der Waals surface area contributed by atoms with Crippen LogP contribution in [0.25, 0.3) is 21.7 Å².